The molecule has 1 aliphatic rings. The van der Waals surface area contributed by atoms with Crippen molar-refractivity contribution in [1.29, 1.82) is 0 Å². The van der Waals surface area contributed by atoms with Crippen molar-refractivity contribution in [3.63, 3.8) is 0 Å². The second-order valence-corrected chi connectivity index (χ2v) is 9.41. The third-order valence-electron chi connectivity index (χ3n) is 4.64. The highest BCUT2D eigenvalue weighted by Crippen LogP contribution is 2.15. The molecule has 0 radical (unpaired) electrons. The monoisotopic (exact) mass is 556 g/mol. The Labute approximate surface area is 196 Å². The number of halogens is 2. The van der Waals surface area contributed by atoms with Gasteiger partial charge in [-0.3, -0.25) is 4.90 Å². The maximum Gasteiger partial charge on any atom is 0.191 e. The zero-order valence-corrected chi connectivity index (χ0v) is 21.0. The first-order chi connectivity index (χ1) is 13.9. The van der Waals surface area contributed by atoms with Crippen LogP contribution in [-0.2, 0) is 26.9 Å². The largest absolute Gasteiger partial charge is 0.379 e. The van der Waals surface area contributed by atoms with Crippen molar-refractivity contribution in [3.05, 3.63) is 35.1 Å². The normalized spacial score (nSPS) is 15.5. The van der Waals surface area contributed by atoms with Gasteiger partial charge in [-0.25, -0.2) is 17.8 Å². The number of morpholine rings is 1. The summed E-state index contributed by atoms with van der Waals surface area (Å²) in [7, 11) is -3.21. The third kappa shape index (κ3) is 10.9. The Morgan fingerprint density at radius 3 is 2.60 bits per heavy atom. The van der Waals surface area contributed by atoms with Gasteiger partial charge in [0, 0.05) is 32.4 Å². The molecule has 0 spiro atoms. The second kappa shape index (κ2) is 14.2. The van der Waals surface area contributed by atoms with Crippen molar-refractivity contribution in [1.82, 2.24) is 15.5 Å². The SMILES string of the molecule is CCNC(=NCc1cc(F)ccc1CS(C)(=O)=O)NCCCCN1CCOCC1.I. The molecule has 0 aliphatic carbocycles. The highest BCUT2D eigenvalue weighted by molar-refractivity contribution is 14.0. The molecule has 1 aromatic carbocycles. The zero-order chi connectivity index (χ0) is 21.1. The van der Waals surface area contributed by atoms with Gasteiger partial charge >= 0.3 is 0 Å². The topological polar surface area (TPSA) is 83.0 Å². The van der Waals surface area contributed by atoms with E-state index in [1.54, 1.807) is 0 Å². The maximum atomic E-state index is 13.7. The molecule has 1 heterocycles. The fourth-order valence-electron chi connectivity index (χ4n) is 3.16. The first kappa shape index (κ1) is 27.1. The number of hydrogen-bond acceptors (Lipinski definition) is 5. The molecule has 2 rings (SSSR count). The van der Waals surface area contributed by atoms with E-state index in [4.69, 9.17) is 4.74 Å². The standard InChI is InChI=1S/C20H33FN4O3S.HI/c1-3-22-20(23-8-4-5-9-25-10-12-28-13-11-25)24-15-18-14-19(21)7-6-17(18)16-29(2,26)27;/h6-7,14H,3-5,8-13,15-16H2,1-2H3,(H2,22,23,24);1H. The number of rotatable bonds is 10. The van der Waals surface area contributed by atoms with Crippen LogP contribution in [0.5, 0.6) is 0 Å². The number of ether oxygens (including phenoxy) is 1. The van der Waals surface area contributed by atoms with Crippen LogP contribution in [0.15, 0.2) is 23.2 Å². The summed E-state index contributed by atoms with van der Waals surface area (Å²) in [6, 6.07) is 4.16. The molecule has 0 saturated carbocycles. The molecule has 1 saturated heterocycles. The summed E-state index contributed by atoms with van der Waals surface area (Å²) in [4.78, 5) is 6.92. The Morgan fingerprint density at radius 1 is 1.20 bits per heavy atom. The average Bonchev–Trinajstić information content (AvgIpc) is 2.67. The van der Waals surface area contributed by atoms with Crippen molar-refractivity contribution in [2.24, 2.45) is 4.99 Å². The molecule has 1 fully saturated rings. The smallest absolute Gasteiger partial charge is 0.191 e. The Kier molecular flexibility index (Phi) is 12.8. The third-order valence-corrected chi connectivity index (χ3v) is 5.47. The molecule has 0 aromatic heterocycles. The number of unbranched alkanes of at least 4 members (excludes halogenated alkanes) is 1. The average molecular weight is 556 g/mol. The number of nitrogens with one attached hydrogen (secondary N) is 2. The molecular formula is C20H34FIN4O3S. The van der Waals surface area contributed by atoms with Crippen LogP contribution in [0.2, 0.25) is 0 Å². The molecule has 0 unspecified atom stereocenters. The molecule has 10 heteroatoms. The summed E-state index contributed by atoms with van der Waals surface area (Å²) >= 11 is 0. The number of sulfone groups is 1. The summed E-state index contributed by atoms with van der Waals surface area (Å²) in [6.45, 7) is 8.39. The maximum absolute atomic E-state index is 13.7. The minimum absolute atomic E-state index is 0. The van der Waals surface area contributed by atoms with Crippen molar-refractivity contribution < 1.29 is 17.5 Å². The molecule has 0 amide bonds. The van der Waals surface area contributed by atoms with Crippen LogP contribution < -0.4 is 10.6 Å². The Balaban J connectivity index is 0.00000450. The van der Waals surface area contributed by atoms with Crippen LogP contribution in [0.1, 0.15) is 30.9 Å². The molecule has 30 heavy (non-hydrogen) atoms. The van der Waals surface area contributed by atoms with Crippen molar-refractivity contribution in [3.8, 4) is 0 Å². The van der Waals surface area contributed by atoms with E-state index in [2.05, 4.69) is 20.5 Å². The molecule has 0 atom stereocenters. The fraction of sp³-hybridized carbons (Fsp3) is 0.650. The van der Waals surface area contributed by atoms with Gasteiger partial charge in [0.1, 0.15) is 5.82 Å². The van der Waals surface area contributed by atoms with E-state index in [9.17, 15) is 12.8 Å². The molecular weight excluding hydrogens is 522 g/mol. The van der Waals surface area contributed by atoms with Crippen LogP contribution >= 0.6 is 24.0 Å². The molecule has 1 aromatic rings. The summed E-state index contributed by atoms with van der Waals surface area (Å²) in [6.07, 6.45) is 3.28. The summed E-state index contributed by atoms with van der Waals surface area (Å²) < 4.78 is 42.3. The molecule has 7 nitrogen and oxygen atoms in total. The van der Waals surface area contributed by atoms with Crippen molar-refractivity contribution >= 4 is 39.8 Å². The van der Waals surface area contributed by atoms with Gasteiger partial charge in [-0.15, -0.1) is 24.0 Å². The molecule has 2 N–H and O–H groups in total. The van der Waals surface area contributed by atoms with Crippen LogP contribution in [0, 0.1) is 5.82 Å². The number of benzene rings is 1. The van der Waals surface area contributed by atoms with Crippen LogP contribution in [-0.4, -0.2) is 71.5 Å². The lowest BCUT2D eigenvalue weighted by Crippen LogP contribution is -2.39. The summed E-state index contributed by atoms with van der Waals surface area (Å²) in [5.41, 5.74) is 1.17. The van der Waals surface area contributed by atoms with Gasteiger partial charge in [0.15, 0.2) is 15.8 Å². The lowest BCUT2D eigenvalue weighted by Gasteiger charge is -2.26. The van der Waals surface area contributed by atoms with E-state index >= 15 is 0 Å². The zero-order valence-electron chi connectivity index (χ0n) is 17.8. The van der Waals surface area contributed by atoms with Gasteiger partial charge in [-0.1, -0.05) is 6.07 Å². The Bertz CT molecular complexity index is 771. The van der Waals surface area contributed by atoms with E-state index < -0.39 is 15.7 Å². The first-order valence-electron chi connectivity index (χ1n) is 10.1. The minimum atomic E-state index is -3.21. The van der Waals surface area contributed by atoms with E-state index in [-0.39, 0.29) is 36.3 Å². The number of hydrogen-bond donors (Lipinski definition) is 2. The highest BCUT2D eigenvalue weighted by Gasteiger charge is 2.11. The quantitative estimate of drug-likeness (QED) is 0.199. The van der Waals surface area contributed by atoms with Gasteiger partial charge in [0.25, 0.3) is 0 Å². The predicted molar refractivity (Wildman–Crippen MR) is 130 cm³/mol. The first-order valence-corrected chi connectivity index (χ1v) is 12.2. The van der Waals surface area contributed by atoms with E-state index in [0.29, 0.717) is 23.6 Å². The van der Waals surface area contributed by atoms with Crippen LogP contribution in [0.4, 0.5) is 4.39 Å². The molecule has 1 aliphatic heterocycles. The fourth-order valence-corrected chi connectivity index (χ4v) is 4.01. The van der Waals surface area contributed by atoms with Crippen molar-refractivity contribution in [2.45, 2.75) is 32.1 Å². The van der Waals surface area contributed by atoms with E-state index in [1.165, 1.54) is 24.5 Å². The highest BCUT2D eigenvalue weighted by atomic mass is 127. The Morgan fingerprint density at radius 2 is 1.93 bits per heavy atom. The van der Waals surface area contributed by atoms with E-state index in [0.717, 1.165) is 52.2 Å². The summed E-state index contributed by atoms with van der Waals surface area (Å²) in [5.74, 6) is 0.130. The van der Waals surface area contributed by atoms with E-state index in [1.807, 2.05) is 6.92 Å². The predicted octanol–water partition coefficient (Wildman–Crippen LogP) is 2.16. The van der Waals surface area contributed by atoms with Gasteiger partial charge < -0.3 is 15.4 Å². The van der Waals surface area contributed by atoms with Gasteiger partial charge in [-0.05, 0) is 49.6 Å². The second-order valence-electron chi connectivity index (χ2n) is 7.27. The van der Waals surface area contributed by atoms with Crippen LogP contribution in [0.3, 0.4) is 0 Å². The van der Waals surface area contributed by atoms with Gasteiger partial charge in [-0.2, -0.15) is 0 Å². The number of nitrogens with zero attached hydrogens (tertiary/aromatic N) is 2. The molecule has 0 bridgehead atoms. The number of guanidine groups is 1. The lowest BCUT2D eigenvalue weighted by atomic mass is 10.1. The van der Waals surface area contributed by atoms with Gasteiger partial charge in [0.05, 0.1) is 25.5 Å². The number of aliphatic imine (C=N–C) groups is 1. The van der Waals surface area contributed by atoms with Gasteiger partial charge in [0.2, 0.25) is 0 Å². The Hall–Kier alpha value is -0.980. The lowest BCUT2D eigenvalue weighted by molar-refractivity contribution is 0.0372. The summed E-state index contributed by atoms with van der Waals surface area (Å²) in [5, 5.41) is 6.47. The molecule has 172 valence electrons. The minimum Gasteiger partial charge on any atom is -0.379 e. The van der Waals surface area contributed by atoms with Crippen molar-refractivity contribution in [2.75, 3.05) is 52.2 Å². The van der Waals surface area contributed by atoms with Crippen LogP contribution in [0.25, 0.3) is 0 Å².